The zero-order chi connectivity index (χ0) is 47.0. The van der Waals surface area contributed by atoms with Crippen molar-refractivity contribution in [2.24, 2.45) is 0 Å². The number of para-hydroxylation sites is 4. The van der Waals surface area contributed by atoms with Crippen LogP contribution in [-0.4, -0.2) is 19.1 Å². The summed E-state index contributed by atoms with van der Waals surface area (Å²) >= 11 is 0. The number of rotatable bonds is 5. The third kappa shape index (κ3) is 5.49. The second kappa shape index (κ2) is 14.9. The van der Waals surface area contributed by atoms with Crippen LogP contribution in [0.25, 0.3) is 154 Å². The van der Waals surface area contributed by atoms with Crippen molar-refractivity contribution in [3.8, 4) is 45.0 Å². The van der Waals surface area contributed by atoms with E-state index in [2.05, 4.69) is 215 Å². The molecule has 72 heavy (non-hydrogen) atoms. The molecule has 0 aliphatic carbocycles. The number of benzene rings is 11. The molecule has 5 heterocycles. The molecular formula is C66H38N4O2. The summed E-state index contributed by atoms with van der Waals surface area (Å²) in [6.07, 6.45) is 0. The van der Waals surface area contributed by atoms with Crippen molar-refractivity contribution in [1.82, 2.24) is 19.1 Å². The largest absolute Gasteiger partial charge is 0.454 e. The highest BCUT2D eigenvalue weighted by Crippen LogP contribution is 2.49. The van der Waals surface area contributed by atoms with Crippen molar-refractivity contribution in [2.45, 2.75) is 0 Å². The molecule has 6 heteroatoms. The minimum absolute atomic E-state index is 0.489. The van der Waals surface area contributed by atoms with Gasteiger partial charge in [-0.15, -0.1) is 0 Å². The van der Waals surface area contributed by atoms with E-state index in [-0.39, 0.29) is 0 Å². The Bertz CT molecular complexity index is 4920. The Balaban J connectivity index is 0.977. The van der Waals surface area contributed by atoms with Crippen molar-refractivity contribution in [2.75, 3.05) is 0 Å². The lowest BCUT2D eigenvalue weighted by molar-refractivity contribution is 0.653. The quantitative estimate of drug-likeness (QED) is 0.173. The minimum atomic E-state index is 0.489. The molecule has 0 amide bonds. The molecule has 0 unspecified atom stereocenters. The predicted octanol–water partition coefficient (Wildman–Crippen LogP) is 17.8. The topological polar surface area (TPSA) is 61.9 Å². The van der Waals surface area contributed by atoms with E-state index in [1.54, 1.807) is 0 Å². The molecule has 0 bridgehead atoms. The van der Waals surface area contributed by atoms with Gasteiger partial charge in [0, 0.05) is 49.0 Å². The van der Waals surface area contributed by atoms with Gasteiger partial charge in [0.2, 0.25) is 5.71 Å². The first-order valence-electron chi connectivity index (χ1n) is 24.4. The van der Waals surface area contributed by atoms with Gasteiger partial charge in [-0.1, -0.05) is 170 Å². The van der Waals surface area contributed by atoms with Gasteiger partial charge in [-0.05, 0) is 104 Å². The summed E-state index contributed by atoms with van der Waals surface area (Å²) in [6, 6.07) is 81.9. The minimum Gasteiger partial charge on any atom is -0.454 e. The van der Waals surface area contributed by atoms with Crippen LogP contribution < -0.4 is 0 Å². The molecule has 6 nitrogen and oxygen atoms in total. The Morgan fingerprint density at radius 1 is 0.347 bits per heavy atom. The molecule has 0 fully saturated rings. The van der Waals surface area contributed by atoms with E-state index in [0.717, 1.165) is 104 Å². The first kappa shape index (κ1) is 39.1. The molecule has 0 aliphatic rings. The number of aromatic nitrogens is 4. The summed E-state index contributed by atoms with van der Waals surface area (Å²) in [7, 11) is 0. The van der Waals surface area contributed by atoms with Gasteiger partial charge in [-0.2, -0.15) is 0 Å². The van der Waals surface area contributed by atoms with Crippen molar-refractivity contribution >= 4 is 109 Å². The molecule has 16 aromatic rings. The van der Waals surface area contributed by atoms with E-state index < -0.39 is 0 Å². The molecule has 334 valence electrons. The van der Waals surface area contributed by atoms with E-state index >= 15 is 0 Å². The molecule has 0 saturated heterocycles. The SMILES string of the molecule is c1ccc(-c2ccccc2-c2nc3oc4ccccc4c3nc2-n2c3ccccc3c3c4ccccc4c4c(oc5ccc6cc(-c7ccc8c(c7)c7ccccc7n8-c7ccccc7)ccc6c54)c32)cc1. The van der Waals surface area contributed by atoms with Gasteiger partial charge in [0.05, 0.1) is 22.1 Å². The molecule has 0 spiro atoms. The monoisotopic (exact) mass is 918 g/mol. The Labute approximate surface area is 410 Å². The Hall–Kier alpha value is -9.78. The number of furan rings is 2. The van der Waals surface area contributed by atoms with Crippen molar-refractivity contribution in [3.05, 3.63) is 231 Å². The molecule has 5 aromatic heterocycles. The maximum Gasteiger partial charge on any atom is 0.247 e. The predicted molar refractivity (Wildman–Crippen MR) is 297 cm³/mol. The lowest BCUT2D eigenvalue weighted by Crippen LogP contribution is -2.04. The standard InChI is InChI=1S/C66H38N4O2/c1-3-17-39(18-4-1)44-21-7-10-25-49(44)61-65(67-62-51-27-13-16-30-56(51)72-66(62)68-61)70-54-29-15-12-26-50(54)58-47-23-8-9-24-48(47)60-59-45-34-31-40(37-42(45)33-36-57(59)71-64(60)63(58)70)41-32-35-55-52(38-41)46-22-11-14-28-53(46)69(55)43-19-5-2-6-20-43/h1-38H. The lowest BCUT2D eigenvalue weighted by atomic mass is 9.95. The van der Waals surface area contributed by atoms with Crippen LogP contribution in [0.3, 0.4) is 0 Å². The van der Waals surface area contributed by atoms with Crippen LogP contribution in [0, 0.1) is 0 Å². The Morgan fingerprint density at radius 3 is 1.79 bits per heavy atom. The van der Waals surface area contributed by atoms with Crippen molar-refractivity contribution in [3.63, 3.8) is 0 Å². The summed E-state index contributed by atoms with van der Waals surface area (Å²) in [6.45, 7) is 0. The van der Waals surface area contributed by atoms with E-state index in [1.165, 1.54) is 27.4 Å². The van der Waals surface area contributed by atoms with E-state index in [9.17, 15) is 0 Å². The highest BCUT2D eigenvalue weighted by molar-refractivity contribution is 6.37. The average molecular weight is 919 g/mol. The van der Waals surface area contributed by atoms with Crippen LogP contribution in [0.15, 0.2) is 239 Å². The number of hydrogen-bond donors (Lipinski definition) is 0. The van der Waals surface area contributed by atoms with Gasteiger partial charge in [0.15, 0.2) is 11.4 Å². The van der Waals surface area contributed by atoms with Gasteiger partial charge >= 0.3 is 0 Å². The van der Waals surface area contributed by atoms with Crippen LogP contribution >= 0.6 is 0 Å². The fourth-order valence-corrected chi connectivity index (χ4v) is 11.8. The molecule has 0 aliphatic heterocycles. The lowest BCUT2D eigenvalue weighted by Gasteiger charge is -2.15. The molecular weight excluding hydrogens is 881 g/mol. The summed E-state index contributed by atoms with van der Waals surface area (Å²) in [5.41, 5.74) is 15.2. The normalized spacial score (nSPS) is 12.2. The molecule has 0 saturated carbocycles. The van der Waals surface area contributed by atoms with Gasteiger partial charge in [-0.3, -0.25) is 4.57 Å². The van der Waals surface area contributed by atoms with Gasteiger partial charge < -0.3 is 13.4 Å². The van der Waals surface area contributed by atoms with E-state index in [0.29, 0.717) is 22.7 Å². The second-order valence-electron chi connectivity index (χ2n) is 18.8. The Morgan fingerprint density at radius 2 is 0.972 bits per heavy atom. The summed E-state index contributed by atoms with van der Waals surface area (Å²) < 4.78 is 18.5. The molecule has 16 rings (SSSR count). The van der Waals surface area contributed by atoms with Gasteiger partial charge in [0.25, 0.3) is 0 Å². The van der Waals surface area contributed by atoms with Crippen molar-refractivity contribution < 1.29 is 8.83 Å². The first-order chi connectivity index (χ1) is 35.7. The maximum atomic E-state index is 7.31. The number of hydrogen-bond acceptors (Lipinski definition) is 4. The highest BCUT2D eigenvalue weighted by Gasteiger charge is 2.28. The summed E-state index contributed by atoms with van der Waals surface area (Å²) in [5, 5.41) is 12.3. The van der Waals surface area contributed by atoms with Gasteiger partial charge in [-0.25, -0.2) is 9.97 Å². The summed E-state index contributed by atoms with van der Waals surface area (Å²) in [5.74, 6) is 0.694. The molecule has 0 radical (unpaired) electrons. The summed E-state index contributed by atoms with van der Waals surface area (Å²) in [4.78, 5) is 11.1. The average Bonchev–Trinajstić information content (AvgIpc) is 4.21. The van der Waals surface area contributed by atoms with E-state index in [1.807, 2.05) is 24.3 Å². The molecule has 0 atom stereocenters. The molecule has 11 aromatic carbocycles. The number of fused-ring (bicyclic) bond motifs is 18. The van der Waals surface area contributed by atoms with E-state index in [4.69, 9.17) is 18.8 Å². The fraction of sp³-hybridized carbons (Fsp3) is 0. The zero-order valence-corrected chi connectivity index (χ0v) is 38.5. The third-order valence-corrected chi connectivity index (χ3v) is 14.9. The van der Waals surface area contributed by atoms with Crippen LogP contribution in [0.2, 0.25) is 0 Å². The smallest absolute Gasteiger partial charge is 0.247 e. The van der Waals surface area contributed by atoms with Crippen LogP contribution in [0.1, 0.15) is 0 Å². The zero-order valence-electron chi connectivity index (χ0n) is 38.5. The third-order valence-electron chi connectivity index (χ3n) is 14.9. The second-order valence-corrected chi connectivity index (χ2v) is 18.8. The van der Waals surface area contributed by atoms with Crippen LogP contribution in [-0.2, 0) is 0 Å². The maximum absolute atomic E-state index is 7.31. The first-order valence-corrected chi connectivity index (χ1v) is 24.4. The van der Waals surface area contributed by atoms with Crippen molar-refractivity contribution in [1.29, 1.82) is 0 Å². The Kier molecular flexibility index (Phi) is 8.07. The van der Waals surface area contributed by atoms with Gasteiger partial charge in [0.1, 0.15) is 22.4 Å². The number of nitrogens with zero attached hydrogens (tertiary/aromatic N) is 4. The highest BCUT2D eigenvalue weighted by atomic mass is 16.3. The fourth-order valence-electron chi connectivity index (χ4n) is 11.8. The molecule has 0 N–H and O–H groups in total. The van der Waals surface area contributed by atoms with Crippen LogP contribution in [0.4, 0.5) is 0 Å². The van der Waals surface area contributed by atoms with Crippen LogP contribution in [0.5, 0.6) is 0 Å².